The number of fused-ring (bicyclic) bond motifs is 1. The highest BCUT2D eigenvalue weighted by molar-refractivity contribution is 7.99. The maximum absolute atomic E-state index is 13.8. The first-order valence-electron chi connectivity index (χ1n) is 8.89. The summed E-state index contributed by atoms with van der Waals surface area (Å²) in [4.78, 5) is 28.2. The van der Waals surface area contributed by atoms with Gasteiger partial charge in [-0.25, -0.2) is 14.2 Å². The molecule has 0 spiro atoms. The van der Waals surface area contributed by atoms with Crippen LogP contribution in [0, 0.1) is 5.82 Å². The smallest absolute Gasteiger partial charge is 0.325 e. The average Bonchev–Trinajstić information content (AvgIpc) is 3.21. The number of hydrogen-bond acceptors (Lipinski definition) is 7. The summed E-state index contributed by atoms with van der Waals surface area (Å²) in [6, 6.07) is 10.4. The van der Waals surface area contributed by atoms with E-state index in [1.54, 1.807) is 36.4 Å². The lowest BCUT2D eigenvalue weighted by Crippen LogP contribution is -2.35. The highest BCUT2D eigenvalue weighted by Gasteiger charge is 2.15. The van der Waals surface area contributed by atoms with Crippen LogP contribution in [0.3, 0.4) is 0 Å². The first-order chi connectivity index (χ1) is 14.6. The Hall–Kier alpha value is -3.60. The van der Waals surface area contributed by atoms with Crippen molar-refractivity contribution in [1.82, 2.24) is 20.5 Å². The number of imide groups is 1. The number of benzene rings is 2. The Bertz CT molecular complexity index is 1090. The molecule has 11 heteroatoms. The Labute approximate surface area is 174 Å². The molecule has 154 valence electrons. The number of nitrogens with zero attached hydrogens (tertiary/aromatic N) is 2. The van der Waals surface area contributed by atoms with Crippen LogP contribution < -0.4 is 20.1 Å². The molecule has 1 aliphatic heterocycles. The number of thioether (sulfide) groups is 1. The molecule has 0 atom stereocenters. The third-order valence-electron chi connectivity index (χ3n) is 3.98. The van der Waals surface area contributed by atoms with Gasteiger partial charge in [0.2, 0.25) is 11.1 Å². The molecule has 3 N–H and O–H groups in total. The summed E-state index contributed by atoms with van der Waals surface area (Å²) in [5, 5.41) is 11.6. The molecule has 0 bridgehead atoms. The van der Waals surface area contributed by atoms with Crippen LogP contribution in [0.2, 0.25) is 0 Å². The number of urea groups is 1. The standard InChI is InChI=1S/C19H16FN5O4S/c20-13-4-2-1-3-12(13)17-23-19(25-24-17)30-10-16(26)22-18(27)21-11-5-6-14-15(9-11)29-8-7-28-14/h1-6,9H,7-8,10H2,(H,23,24,25)(H2,21,22,26,27). The number of halogens is 1. The molecular formula is C19H16FN5O4S. The minimum Gasteiger partial charge on any atom is -0.486 e. The molecule has 30 heavy (non-hydrogen) atoms. The van der Waals surface area contributed by atoms with E-state index in [-0.39, 0.29) is 22.3 Å². The molecule has 0 saturated carbocycles. The van der Waals surface area contributed by atoms with Gasteiger partial charge in [-0.1, -0.05) is 23.9 Å². The van der Waals surface area contributed by atoms with Crippen molar-refractivity contribution in [2.75, 3.05) is 24.3 Å². The first-order valence-corrected chi connectivity index (χ1v) is 9.87. The van der Waals surface area contributed by atoms with Gasteiger partial charge in [-0.3, -0.25) is 15.2 Å². The van der Waals surface area contributed by atoms with Crippen LogP contribution >= 0.6 is 11.8 Å². The van der Waals surface area contributed by atoms with E-state index >= 15 is 0 Å². The van der Waals surface area contributed by atoms with Crippen molar-refractivity contribution in [1.29, 1.82) is 0 Å². The minimum atomic E-state index is -0.681. The third kappa shape index (κ3) is 4.69. The van der Waals surface area contributed by atoms with Crippen LogP contribution in [-0.2, 0) is 4.79 Å². The summed E-state index contributed by atoms with van der Waals surface area (Å²) in [5.41, 5.74) is 0.737. The second-order valence-corrected chi connectivity index (χ2v) is 7.04. The van der Waals surface area contributed by atoms with Crippen molar-refractivity contribution in [2.45, 2.75) is 5.16 Å². The first kappa shape index (κ1) is 19.7. The van der Waals surface area contributed by atoms with E-state index in [9.17, 15) is 14.0 Å². The second kappa shape index (κ2) is 8.82. The zero-order valence-electron chi connectivity index (χ0n) is 15.5. The number of carbonyl (C=O) groups excluding carboxylic acids is 2. The zero-order chi connectivity index (χ0) is 20.9. The van der Waals surface area contributed by atoms with E-state index in [0.717, 1.165) is 11.8 Å². The van der Waals surface area contributed by atoms with Crippen molar-refractivity contribution >= 4 is 29.4 Å². The Morgan fingerprint density at radius 1 is 1.13 bits per heavy atom. The van der Waals surface area contributed by atoms with Crippen LogP contribution in [0.25, 0.3) is 11.4 Å². The van der Waals surface area contributed by atoms with E-state index in [1.807, 2.05) is 0 Å². The Morgan fingerprint density at radius 2 is 1.93 bits per heavy atom. The largest absolute Gasteiger partial charge is 0.486 e. The van der Waals surface area contributed by atoms with Crippen LogP contribution in [0.4, 0.5) is 14.9 Å². The van der Waals surface area contributed by atoms with E-state index in [4.69, 9.17) is 9.47 Å². The highest BCUT2D eigenvalue weighted by Crippen LogP contribution is 2.32. The number of amides is 3. The lowest BCUT2D eigenvalue weighted by Gasteiger charge is -2.19. The number of H-pyrrole nitrogens is 1. The number of rotatable bonds is 5. The predicted octanol–water partition coefficient (Wildman–Crippen LogP) is 2.82. The number of carbonyl (C=O) groups is 2. The van der Waals surface area contributed by atoms with Crippen LogP contribution in [0.1, 0.15) is 0 Å². The van der Waals surface area contributed by atoms with Gasteiger partial charge in [0.25, 0.3) is 0 Å². The molecule has 0 saturated heterocycles. The summed E-state index contributed by atoms with van der Waals surface area (Å²) in [6.07, 6.45) is 0. The number of anilines is 1. The fourth-order valence-electron chi connectivity index (χ4n) is 2.66. The maximum atomic E-state index is 13.8. The molecule has 4 rings (SSSR count). The van der Waals surface area contributed by atoms with Gasteiger partial charge in [0.05, 0.1) is 11.3 Å². The van der Waals surface area contributed by atoms with Crippen LogP contribution in [-0.4, -0.2) is 46.1 Å². The maximum Gasteiger partial charge on any atom is 0.325 e. The van der Waals surface area contributed by atoms with Crippen molar-refractivity contribution in [3.63, 3.8) is 0 Å². The molecule has 1 aromatic heterocycles. The van der Waals surface area contributed by atoms with Crippen molar-refractivity contribution in [3.05, 3.63) is 48.3 Å². The molecule has 2 aromatic carbocycles. The minimum absolute atomic E-state index is 0.0941. The highest BCUT2D eigenvalue weighted by atomic mass is 32.2. The van der Waals surface area contributed by atoms with Crippen LogP contribution in [0.5, 0.6) is 11.5 Å². The summed E-state index contributed by atoms with van der Waals surface area (Å²) in [5.74, 6) is 0.318. The topological polar surface area (TPSA) is 118 Å². The van der Waals surface area contributed by atoms with Gasteiger partial charge in [0.1, 0.15) is 19.0 Å². The van der Waals surface area contributed by atoms with Crippen LogP contribution in [0.15, 0.2) is 47.6 Å². The monoisotopic (exact) mass is 429 g/mol. The molecule has 0 radical (unpaired) electrons. The second-order valence-electron chi connectivity index (χ2n) is 6.10. The average molecular weight is 429 g/mol. The van der Waals surface area contributed by atoms with Gasteiger partial charge in [0.15, 0.2) is 17.3 Å². The summed E-state index contributed by atoms with van der Waals surface area (Å²) in [7, 11) is 0. The molecule has 3 aromatic rings. The Balaban J connectivity index is 1.28. The fraction of sp³-hybridized carbons (Fsp3) is 0.158. The Morgan fingerprint density at radius 3 is 2.77 bits per heavy atom. The zero-order valence-corrected chi connectivity index (χ0v) is 16.3. The van der Waals surface area contributed by atoms with E-state index < -0.39 is 17.8 Å². The van der Waals surface area contributed by atoms with Crippen molar-refractivity contribution in [2.24, 2.45) is 0 Å². The molecule has 0 fully saturated rings. The SMILES string of the molecule is O=C(CSc1n[nH]c(-c2ccccc2F)n1)NC(=O)Nc1ccc2c(c1)OCCO2. The number of nitrogens with one attached hydrogen (secondary N) is 3. The molecular weight excluding hydrogens is 413 g/mol. The lowest BCUT2D eigenvalue weighted by molar-refractivity contribution is -0.117. The normalized spacial score (nSPS) is 12.3. The molecule has 0 unspecified atom stereocenters. The van der Waals surface area contributed by atoms with Gasteiger partial charge < -0.3 is 14.8 Å². The fourth-order valence-corrected chi connectivity index (χ4v) is 3.26. The molecule has 1 aliphatic rings. The van der Waals surface area contributed by atoms with Gasteiger partial charge >= 0.3 is 6.03 Å². The summed E-state index contributed by atoms with van der Waals surface area (Å²) < 4.78 is 24.7. The van der Waals surface area contributed by atoms with Gasteiger partial charge in [0, 0.05) is 11.8 Å². The number of aromatic amines is 1. The van der Waals surface area contributed by atoms with Gasteiger partial charge in [-0.2, -0.15) is 0 Å². The van der Waals surface area contributed by atoms with E-state index in [1.165, 1.54) is 6.07 Å². The third-order valence-corrected chi connectivity index (χ3v) is 4.83. The molecule has 3 amide bonds. The number of aromatic nitrogens is 3. The molecule has 2 heterocycles. The van der Waals surface area contributed by atoms with Crippen molar-refractivity contribution < 1.29 is 23.5 Å². The van der Waals surface area contributed by atoms with E-state index in [2.05, 4.69) is 25.8 Å². The van der Waals surface area contributed by atoms with Gasteiger partial charge in [-0.05, 0) is 24.3 Å². The molecule has 0 aliphatic carbocycles. The number of ether oxygens (including phenoxy) is 2. The summed E-state index contributed by atoms with van der Waals surface area (Å²) >= 11 is 1.01. The lowest BCUT2D eigenvalue weighted by atomic mass is 10.2. The molecule has 9 nitrogen and oxygen atoms in total. The van der Waals surface area contributed by atoms with E-state index in [0.29, 0.717) is 30.4 Å². The Kier molecular flexibility index (Phi) is 5.80. The van der Waals surface area contributed by atoms with Gasteiger partial charge in [-0.15, -0.1) is 5.10 Å². The number of hydrogen-bond donors (Lipinski definition) is 3. The summed E-state index contributed by atoms with van der Waals surface area (Å²) in [6.45, 7) is 0.900. The quantitative estimate of drug-likeness (QED) is 0.534. The van der Waals surface area contributed by atoms with Crippen molar-refractivity contribution in [3.8, 4) is 22.9 Å². The predicted molar refractivity (Wildman–Crippen MR) is 107 cm³/mol.